The van der Waals surface area contributed by atoms with E-state index in [1.165, 1.54) is 28.5 Å². The number of fused-ring (bicyclic) bond motifs is 1. The van der Waals surface area contributed by atoms with Crippen LogP contribution in [0.1, 0.15) is 31.4 Å². The Morgan fingerprint density at radius 1 is 1.39 bits per heavy atom. The summed E-state index contributed by atoms with van der Waals surface area (Å²) in [6.07, 6.45) is 6.44. The van der Waals surface area contributed by atoms with Gasteiger partial charge in [0, 0.05) is 29.2 Å². The lowest BCUT2D eigenvalue weighted by atomic mass is 10.0. The highest BCUT2D eigenvalue weighted by Gasteiger charge is 2.08. The van der Waals surface area contributed by atoms with E-state index in [-0.39, 0.29) is 0 Å². The molecule has 0 saturated carbocycles. The Morgan fingerprint density at radius 2 is 2.17 bits per heavy atom. The van der Waals surface area contributed by atoms with E-state index in [1.54, 1.807) is 0 Å². The van der Waals surface area contributed by atoms with Crippen molar-refractivity contribution < 1.29 is 0 Å². The molecule has 2 aromatic rings. The van der Waals surface area contributed by atoms with Crippen LogP contribution in [-0.2, 0) is 13.0 Å². The van der Waals surface area contributed by atoms with E-state index in [0.717, 1.165) is 18.5 Å². The van der Waals surface area contributed by atoms with Crippen molar-refractivity contribution in [2.75, 3.05) is 0 Å². The lowest BCUT2D eigenvalue weighted by Crippen LogP contribution is -1.92. The molecule has 0 amide bonds. The summed E-state index contributed by atoms with van der Waals surface area (Å²) in [7, 11) is 0. The Hall–Kier alpha value is -1.76. The van der Waals surface area contributed by atoms with Crippen LogP contribution in [0, 0.1) is 0 Å². The molecule has 0 atom stereocenters. The van der Waals surface area contributed by atoms with Gasteiger partial charge in [-0.05, 0) is 36.6 Å². The van der Waals surface area contributed by atoms with Gasteiger partial charge in [0.05, 0.1) is 0 Å². The maximum absolute atomic E-state index is 4.09. The van der Waals surface area contributed by atoms with Crippen molar-refractivity contribution in [3.8, 4) is 0 Å². The Balaban J connectivity index is 2.63. The van der Waals surface area contributed by atoms with Crippen molar-refractivity contribution in [2.24, 2.45) is 0 Å². The predicted octanol–water partition coefficient (Wildman–Crippen LogP) is 4.81. The quantitative estimate of drug-likeness (QED) is 0.660. The molecule has 0 saturated heterocycles. The molecule has 0 N–H and O–H groups in total. The molecule has 2 rings (SSSR count). The third-order valence-electron chi connectivity index (χ3n) is 3.27. The number of hydrogen-bond donors (Lipinski definition) is 0. The summed E-state index contributed by atoms with van der Waals surface area (Å²) in [5, 5.41) is 1.32. The monoisotopic (exact) mass is 239 g/mol. The Morgan fingerprint density at radius 3 is 2.78 bits per heavy atom. The first-order valence-corrected chi connectivity index (χ1v) is 6.56. The topological polar surface area (TPSA) is 4.93 Å². The lowest BCUT2D eigenvalue weighted by Gasteiger charge is -2.03. The van der Waals surface area contributed by atoms with Crippen LogP contribution >= 0.6 is 0 Å². The van der Waals surface area contributed by atoms with E-state index in [4.69, 9.17) is 0 Å². The molecule has 0 aliphatic heterocycles. The van der Waals surface area contributed by atoms with Crippen LogP contribution in [-0.4, -0.2) is 4.57 Å². The molecule has 0 fully saturated rings. The molecule has 0 spiro atoms. The molecule has 94 valence electrons. The average Bonchev–Trinajstić information content (AvgIpc) is 2.69. The van der Waals surface area contributed by atoms with Crippen molar-refractivity contribution >= 4 is 16.5 Å². The second-order valence-corrected chi connectivity index (χ2v) is 4.87. The fourth-order valence-corrected chi connectivity index (χ4v) is 2.42. The molecule has 18 heavy (non-hydrogen) atoms. The summed E-state index contributed by atoms with van der Waals surface area (Å²) in [5.74, 6) is 0. The highest BCUT2D eigenvalue weighted by atomic mass is 14.9. The normalized spacial score (nSPS) is 10.8. The summed E-state index contributed by atoms with van der Waals surface area (Å²) in [4.78, 5) is 0. The average molecular weight is 239 g/mol. The zero-order valence-electron chi connectivity index (χ0n) is 11.4. The standard InChI is InChI=1S/C17H21N/c1-5-7-14-8-9-17-15(11-14)16(13(3)4)12-18(17)10-6-2/h6,8-9,11-12H,2-3,5,7,10H2,1,4H3. The second-order valence-electron chi connectivity index (χ2n) is 4.87. The van der Waals surface area contributed by atoms with Gasteiger partial charge in [0.2, 0.25) is 0 Å². The first-order valence-electron chi connectivity index (χ1n) is 6.56. The molecule has 1 aromatic carbocycles. The second kappa shape index (κ2) is 5.26. The Labute approximate surface area is 109 Å². The number of benzene rings is 1. The van der Waals surface area contributed by atoms with E-state index in [2.05, 4.69) is 56.0 Å². The van der Waals surface area contributed by atoms with Crippen molar-refractivity contribution in [1.82, 2.24) is 4.57 Å². The van der Waals surface area contributed by atoms with Gasteiger partial charge in [0.15, 0.2) is 0 Å². The smallest absolute Gasteiger partial charge is 0.0489 e. The van der Waals surface area contributed by atoms with Crippen LogP contribution < -0.4 is 0 Å². The Kier molecular flexibility index (Phi) is 3.71. The SMILES string of the molecule is C=CCn1cc(C(=C)C)c2cc(CCC)ccc21. The van der Waals surface area contributed by atoms with E-state index in [9.17, 15) is 0 Å². The molecule has 1 heterocycles. The van der Waals surface area contributed by atoms with Crippen LogP contribution in [0.15, 0.2) is 43.6 Å². The van der Waals surface area contributed by atoms with Gasteiger partial charge in [-0.1, -0.05) is 32.1 Å². The molecular formula is C17H21N. The van der Waals surface area contributed by atoms with Gasteiger partial charge in [-0.15, -0.1) is 6.58 Å². The number of hydrogen-bond acceptors (Lipinski definition) is 0. The van der Waals surface area contributed by atoms with E-state index in [0.29, 0.717) is 0 Å². The van der Waals surface area contributed by atoms with Crippen molar-refractivity contribution in [3.63, 3.8) is 0 Å². The van der Waals surface area contributed by atoms with Crippen LogP contribution in [0.2, 0.25) is 0 Å². The zero-order valence-corrected chi connectivity index (χ0v) is 11.4. The van der Waals surface area contributed by atoms with Gasteiger partial charge >= 0.3 is 0 Å². The van der Waals surface area contributed by atoms with E-state index >= 15 is 0 Å². The van der Waals surface area contributed by atoms with Gasteiger partial charge < -0.3 is 4.57 Å². The van der Waals surface area contributed by atoms with E-state index < -0.39 is 0 Å². The van der Waals surface area contributed by atoms with Gasteiger partial charge in [-0.2, -0.15) is 0 Å². The third-order valence-corrected chi connectivity index (χ3v) is 3.27. The molecule has 1 heteroatoms. The largest absolute Gasteiger partial charge is 0.343 e. The number of rotatable bonds is 5. The maximum Gasteiger partial charge on any atom is 0.0489 e. The minimum absolute atomic E-state index is 0.844. The van der Waals surface area contributed by atoms with Crippen molar-refractivity contribution in [1.29, 1.82) is 0 Å². The van der Waals surface area contributed by atoms with Gasteiger partial charge in [-0.3, -0.25) is 0 Å². The molecule has 0 unspecified atom stereocenters. The fraction of sp³-hybridized carbons (Fsp3) is 0.294. The molecular weight excluding hydrogens is 218 g/mol. The molecule has 1 nitrogen and oxygen atoms in total. The van der Waals surface area contributed by atoms with Crippen LogP contribution in [0.4, 0.5) is 0 Å². The van der Waals surface area contributed by atoms with E-state index in [1.807, 2.05) is 6.08 Å². The van der Waals surface area contributed by atoms with Crippen LogP contribution in [0.25, 0.3) is 16.5 Å². The van der Waals surface area contributed by atoms with Crippen molar-refractivity contribution in [2.45, 2.75) is 33.2 Å². The lowest BCUT2D eigenvalue weighted by molar-refractivity contribution is 0.863. The van der Waals surface area contributed by atoms with Gasteiger partial charge in [0.1, 0.15) is 0 Å². The zero-order chi connectivity index (χ0) is 13.1. The highest BCUT2D eigenvalue weighted by molar-refractivity contribution is 5.92. The summed E-state index contributed by atoms with van der Waals surface area (Å²) in [5.41, 5.74) is 5.05. The Bertz CT molecular complexity index is 587. The first-order chi connectivity index (χ1) is 8.67. The predicted molar refractivity (Wildman–Crippen MR) is 80.8 cm³/mol. The number of aryl methyl sites for hydroxylation is 1. The molecule has 0 bridgehead atoms. The molecule has 0 radical (unpaired) electrons. The van der Waals surface area contributed by atoms with Crippen molar-refractivity contribution in [3.05, 3.63) is 54.8 Å². The summed E-state index contributed by atoms with van der Waals surface area (Å²) in [6.45, 7) is 13.0. The molecule has 0 aliphatic rings. The highest BCUT2D eigenvalue weighted by Crippen LogP contribution is 2.27. The minimum Gasteiger partial charge on any atom is -0.343 e. The minimum atomic E-state index is 0.844. The summed E-state index contributed by atoms with van der Waals surface area (Å²) >= 11 is 0. The first kappa shape index (κ1) is 12.7. The fourth-order valence-electron chi connectivity index (χ4n) is 2.42. The number of allylic oxidation sites excluding steroid dienone is 2. The molecule has 1 aromatic heterocycles. The van der Waals surface area contributed by atoms with Crippen LogP contribution in [0.3, 0.4) is 0 Å². The third kappa shape index (κ3) is 2.26. The maximum atomic E-state index is 4.09. The van der Waals surface area contributed by atoms with Gasteiger partial charge in [0.25, 0.3) is 0 Å². The molecule has 0 aliphatic carbocycles. The van der Waals surface area contributed by atoms with Crippen LogP contribution in [0.5, 0.6) is 0 Å². The summed E-state index contributed by atoms with van der Waals surface area (Å²) in [6, 6.07) is 6.76. The number of aromatic nitrogens is 1. The van der Waals surface area contributed by atoms with Gasteiger partial charge in [-0.25, -0.2) is 0 Å². The number of nitrogens with zero attached hydrogens (tertiary/aromatic N) is 1. The summed E-state index contributed by atoms with van der Waals surface area (Å²) < 4.78 is 2.24.